The number of nitrogens with one attached hydrogen (secondary N) is 1. The second-order valence-corrected chi connectivity index (χ2v) is 3.13. The molecule has 0 aliphatic rings. The van der Waals surface area contributed by atoms with Crippen LogP contribution in [0, 0.1) is 5.92 Å². The van der Waals surface area contributed by atoms with Crippen LogP contribution in [0.4, 0.5) is 0 Å². The molecule has 0 aromatic carbocycles. The van der Waals surface area contributed by atoms with Gasteiger partial charge in [-0.05, 0) is 39.3 Å². The summed E-state index contributed by atoms with van der Waals surface area (Å²) in [6.45, 7) is 5.42. The molecule has 0 fully saturated rings. The molecule has 0 saturated heterocycles. The predicted octanol–water partition coefficient (Wildman–Crippen LogP) is 2.75. The van der Waals surface area contributed by atoms with E-state index in [4.69, 9.17) is 0 Å². The summed E-state index contributed by atoms with van der Waals surface area (Å²) in [5.41, 5.74) is 0. The van der Waals surface area contributed by atoms with Crippen LogP contribution >= 0.6 is 0 Å². The van der Waals surface area contributed by atoms with E-state index in [9.17, 15) is 0 Å². The van der Waals surface area contributed by atoms with Crippen molar-refractivity contribution in [1.29, 1.82) is 0 Å². The molecule has 0 aliphatic carbocycles. The predicted molar refractivity (Wildman–Crippen MR) is 56.3 cm³/mol. The summed E-state index contributed by atoms with van der Waals surface area (Å²) in [5, 5.41) is 3.15. The van der Waals surface area contributed by atoms with Crippen LogP contribution in [0.3, 0.4) is 0 Å². The van der Waals surface area contributed by atoms with Gasteiger partial charge in [0, 0.05) is 0 Å². The molecule has 0 amide bonds. The minimum Gasteiger partial charge on any atom is -0.320 e. The fraction of sp³-hybridized carbons (Fsp3) is 0.636. The van der Waals surface area contributed by atoms with Gasteiger partial charge in [0.2, 0.25) is 0 Å². The fourth-order valence-corrected chi connectivity index (χ4v) is 1.06. The molecule has 0 radical (unpaired) electrons. The lowest BCUT2D eigenvalue weighted by Crippen LogP contribution is -2.08. The van der Waals surface area contributed by atoms with E-state index in [1.54, 1.807) is 0 Å². The van der Waals surface area contributed by atoms with E-state index in [1.807, 2.05) is 14.0 Å². The van der Waals surface area contributed by atoms with E-state index >= 15 is 0 Å². The average Bonchev–Trinajstić information content (AvgIpc) is 2.06. The molecule has 1 atom stereocenters. The second kappa shape index (κ2) is 8.54. The molecule has 0 bridgehead atoms. The third-order valence-electron chi connectivity index (χ3n) is 1.83. The standard InChI is InChI=1S/C11H21N/c1-4-5-6-8-11(2)9-7-10-12-3/h4-6,8,11-12H,7,9-10H2,1-3H3/b5-4-,8-6-. The van der Waals surface area contributed by atoms with Crippen molar-refractivity contribution in [3.05, 3.63) is 24.3 Å². The van der Waals surface area contributed by atoms with Crippen LogP contribution in [0.1, 0.15) is 26.7 Å². The van der Waals surface area contributed by atoms with Crippen molar-refractivity contribution in [2.45, 2.75) is 26.7 Å². The molecule has 0 aliphatic heterocycles. The molecule has 70 valence electrons. The summed E-state index contributed by atoms with van der Waals surface area (Å²) < 4.78 is 0. The van der Waals surface area contributed by atoms with Crippen LogP contribution in [-0.4, -0.2) is 13.6 Å². The Kier molecular flexibility index (Phi) is 8.14. The molecule has 1 unspecified atom stereocenters. The Bertz CT molecular complexity index is 136. The van der Waals surface area contributed by atoms with Crippen molar-refractivity contribution >= 4 is 0 Å². The maximum atomic E-state index is 3.15. The van der Waals surface area contributed by atoms with Crippen molar-refractivity contribution in [2.24, 2.45) is 5.92 Å². The first kappa shape index (κ1) is 11.4. The van der Waals surface area contributed by atoms with Gasteiger partial charge in [0.05, 0.1) is 0 Å². The topological polar surface area (TPSA) is 12.0 Å². The third-order valence-corrected chi connectivity index (χ3v) is 1.83. The molecule has 0 rings (SSSR count). The van der Waals surface area contributed by atoms with Crippen molar-refractivity contribution in [2.75, 3.05) is 13.6 Å². The van der Waals surface area contributed by atoms with Crippen molar-refractivity contribution in [3.8, 4) is 0 Å². The minimum absolute atomic E-state index is 0.703. The fourth-order valence-electron chi connectivity index (χ4n) is 1.06. The Morgan fingerprint density at radius 3 is 2.67 bits per heavy atom. The minimum atomic E-state index is 0.703. The molecular weight excluding hydrogens is 146 g/mol. The molecule has 0 heterocycles. The maximum Gasteiger partial charge on any atom is -0.00517 e. The zero-order valence-corrected chi connectivity index (χ0v) is 8.51. The van der Waals surface area contributed by atoms with E-state index in [-0.39, 0.29) is 0 Å². The SMILES string of the molecule is C/C=C\C=C/C(C)CCCNC. The summed E-state index contributed by atoms with van der Waals surface area (Å²) in [6.07, 6.45) is 11.1. The summed E-state index contributed by atoms with van der Waals surface area (Å²) in [4.78, 5) is 0. The summed E-state index contributed by atoms with van der Waals surface area (Å²) in [7, 11) is 2.00. The average molecular weight is 167 g/mol. The van der Waals surface area contributed by atoms with Gasteiger partial charge in [-0.1, -0.05) is 31.2 Å². The highest BCUT2D eigenvalue weighted by Crippen LogP contribution is 2.06. The van der Waals surface area contributed by atoms with Gasteiger partial charge in [-0.25, -0.2) is 0 Å². The van der Waals surface area contributed by atoms with E-state index in [0.29, 0.717) is 5.92 Å². The van der Waals surface area contributed by atoms with Gasteiger partial charge >= 0.3 is 0 Å². The lowest BCUT2D eigenvalue weighted by Gasteiger charge is -2.04. The van der Waals surface area contributed by atoms with Gasteiger partial charge in [-0.15, -0.1) is 0 Å². The smallest absolute Gasteiger partial charge is 0.00517 e. The van der Waals surface area contributed by atoms with Crippen molar-refractivity contribution in [1.82, 2.24) is 5.32 Å². The summed E-state index contributed by atoms with van der Waals surface area (Å²) in [6, 6.07) is 0. The van der Waals surface area contributed by atoms with E-state index in [1.165, 1.54) is 12.8 Å². The van der Waals surface area contributed by atoms with E-state index in [0.717, 1.165) is 6.54 Å². The van der Waals surface area contributed by atoms with Crippen LogP contribution in [0.25, 0.3) is 0 Å². The highest BCUT2D eigenvalue weighted by Gasteiger charge is 1.94. The quantitative estimate of drug-likeness (QED) is 0.474. The highest BCUT2D eigenvalue weighted by molar-refractivity contribution is 5.02. The van der Waals surface area contributed by atoms with Gasteiger partial charge in [0.25, 0.3) is 0 Å². The summed E-state index contributed by atoms with van der Waals surface area (Å²) >= 11 is 0. The highest BCUT2D eigenvalue weighted by atomic mass is 14.8. The maximum absolute atomic E-state index is 3.15. The molecule has 0 spiro atoms. The molecule has 1 N–H and O–H groups in total. The zero-order valence-electron chi connectivity index (χ0n) is 8.51. The molecule has 12 heavy (non-hydrogen) atoms. The van der Waals surface area contributed by atoms with Crippen LogP contribution in [0.15, 0.2) is 24.3 Å². The normalized spacial score (nSPS) is 14.6. The number of allylic oxidation sites excluding steroid dienone is 4. The third kappa shape index (κ3) is 7.55. The van der Waals surface area contributed by atoms with Gasteiger partial charge < -0.3 is 5.32 Å². The van der Waals surface area contributed by atoms with Crippen molar-refractivity contribution in [3.63, 3.8) is 0 Å². The molecule has 0 aromatic heterocycles. The Morgan fingerprint density at radius 1 is 1.33 bits per heavy atom. The van der Waals surface area contributed by atoms with Gasteiger partial charge in [-0.2, -0.15) is 0 Å². The molecule has 0 saturated carbocycles. The second-order valence-electron chi connectivity index (χ2n) is 3.13. The van der Waals surface area contributed by atoms with E-state index in [2.05, 4.69) is 36.5 Å². The lowest BCUT2D eigenvalue weighted by atomic mass is 10.1. The Morgan fingerprint density at radius 2 is 2.08 bits per heavy atom. The van der Waals surface area contributed by atoms with Gasteiger partial charge in [0.1, 0.15) is 0 Å². The van der Waals surface area contributed by atoms with Crippen LogP contribution in [0.5, 0.6) is 0 Å². The summed E-state index contributed by atoms with van der Waals surface area (Å²) in [5.74, 6) is 0.703. The van der Waals surface area contributed by atoms with Crippen LogP contribution in [-0.2, 0) is 0 Å². The van der Waals surface area contributed by atoms with Crippen molar-refractivity contribution < 1.29 is 0 Å². The molecular formula is C11H21N. The number of rotatable bonds is 6. The van der Waals surface area contributed by atoms with Gasteiger partial charge in [0.15, 0.2) is 0 Å². The Hall–Kier alpha value is -0.560. The number of hydrogen-bond acceptors (Lipinski definition) is 1. The molecule has 1 nitrogen and oxygen atoms in total. The van der Waals surface area contributed by atoms with Crippen LogP contribution < -0.4 is 5.32 Å². The van der Waals surface area contributed by atoms with Crippen LogP contribution in [0.2, 0.25) is 0 Å². The van der Waals surface area contributed by atoms with E-state index < -0.39 is 0 Å². The first-order valence-electron chi connectivity index (χ1n) is 4.75. The lowest BCUT2D eigenvalue weighted by molar-refractivity contribution is 0.585. The molecule has 1 heteroatoms. The Balaban J connectivity index is 3.38. The first-order valence-corrected chi connectivity index (χ1v) is 4.75. The zero-order chi connectivity index (χ0) is 9.23. The molecule has 0 aromatic rings. The van der Waals surface area contributed by atoms with Gasteiger partial charge in [-0.3, -0.25) is 0 Å². The Labute approximate surface area is 76.6 Å². The largest absolute Gasteiger partial charge is 0.320 e. The monoisotopic (exact) mass is 167 g/mol. The number of hydrogen-bond donors (Lipinski definition) is 1. The first-order chi connectivity index (χ1) is 5.81.